The summed E-state index contributed by atoms with van der Waals surface area (Å²) in [4.78, 5) is 3.37. The molecule has 144 valence electrons. The van der Waals surface area contributed by atoms with Gasteiger partial charge < -0.3 is 16.0 Å². The highest BCUT2D eigenvalue weighted by Gasteiger charge is 2.19. The van der Waals surface area contributed by atoms with Crippen LogP contribution in [-0.2, 0) is 12.8 Å². The lowest BCUT2D eigenvalue weighted by Gasteiger charge is -2.25. The molecule has 27 heavy (non-hydrogen) atoms. The van der Waals surface area contributed by atoms with Crippen LogP contribution in [-0.4, -0.2) is 23.6 Å². The molecule has 0 radical (unpaired) electrons. The Labute approximate surface area is 163 Å². The van der Waals surface area contributed by atoms with Gasteiger partial charge in [-0.1, -0.05) is 74.7 Å². The van der Waals surface area contributed by atoms with Crippen LogP contribution in [0.5, 0.6) is 0 Å². The highest BCUT2D eigenvalue weighted by molar-refractivity contribution is 5.83. The number of rotatable bonds is 11. The van der Waals surface area contributed by atoms with Crippen LogP contribution in [0, 0.1) is 0 Å². The van der Waals surface area contributed by atoms with Crippen LogP contribution in [0.1, 0.15) is 43.7 Å². The molecule has 0 aliphatic rings. The maximum atomic E-state index is 6.71. The Hall–Kier alpha value is -2.10. The Morgan fingerprint density at radius 3 is 2.52 bits per heavy atom. The lowest BCUT2D eigenvalue weighted by molar-refractivity contribution is 0.416. The first-order chi connectivity index (χ1) is 13.3. The van der Waals surface area contributed by atoms with Gasteiger partial charge in [-0.05, 0) is 43.0 Å². The summed E-state index contributed by atoms with van der Waals surface area (Å²) >= 11 is 0. The molecule has 0 amide bonds. The second kappa shape index (κ2) is 10.3. The van der Waals surface area contributed by atoms with E-state index in [1.165, 1.54) is 47.7 Å². The first-order valence-corrected chi connectivity index (χ1v) is 10.4. The molecule has 0 spiro atoms. The summed E-state index contributed by atoms with van der Waals surface area (Å²) in [6.07, 6.45) is 9.06. The molecule has 0 fully saturated rings. The topological polar surface area (TPSA) is 53.8 Å². The van der Waals surface area contributed by atoms with Gasteiger partial charge in [0.15, 0.2) is 0 Å². The molecule has 1 aromatic heterocycles. The van der Waals surface area contributed by atoms with E-state index in [1.54, 1.807) is 0 Å². The van der Waals surface area contributed by atoms with E-state index in [4.69, 9.17) is 5.73 Å². The summed E-state index contributed by atoms with van der Waals surface area (Å²) in [5, 5.41) is 5.04. The Morgan fingerprint density at radius 1 is 0.926 bits per heavy atom. The largest absolute Gasteiger partial charge is 0.361 e. The summed E-state index contributed by atoms with van der Waals surface area (Å²) in [5.74, 6) is 0. The minimum absolute atomic E-state index is 0.0792. The van der Waals surface area contributed by atoms with Gasteiger partial charge in [0.25, 0.3) is 0 Å². The van der Waals surface area contributed by atoms with Crippen LogP contribution in [0.4, 0.5) is 0 Å². The number of hydrogen-bond donors (Lipinski definition) is 3. The summed E-state index contributed by atoms with van der Waals surface area (Å²) in [6, 6.07) is 19.5. The van der Waals surface area contributed by atoms with Crippen LogP contribution in [0.15, 0.2) is 60.8 Å². The van der Waals surface area contributed by atoms with Crippen molar-refractivity contribution in [2.24, 2.45) is 5.73 Å². The van der Waals surface area contributed by atoms with Crippen molar-refractivity contribution in [3.8, 4) is 0 Å². The molecule has 0 aliphatic heterocycles. The zero-order valence-corrected chi connectivity index (χ0v) is 16.5. The standard InChI is InChI=1S/C24H33N3/c1-2-3-4-10-15-26-24(16-19-11-6-5-7-12-19)22(25)17-20-18-27-23-14-9-8-13-21(20)23/h5-9,11-14,18,22,24,26-27H,2-4,10,15-17,25H2,1H3. The maximum absolute atomic E-state index is 6.71. The predicted octanol–water partition coefficient (Wildman–Crippen LogP) is 4.82. The van der Waals surface area contributed by atoms with Crippen LogP contribution in [0.3, 0.4) is 0 Å². The monoisotopic (exact) mass is 363 g/mol. The van der Waals surface area contributed by atoms with E-state index in [2.05, 4.69) is 78.0 Å². The Morgan fingerprint density at radius 2 is 1.70 bits per heavy atom. The van der Waals surface area contributed by atoms with E-state index in [1.807, 2.05) is 0 Å². The van der Waals surface area contributed by atoms with Gasteiger partial charge in [-0.2, -0.15) is 0 Å². The van der Waals surface area contributed by atoms with E-state index < -0.39 is 0 Å². The number of aromatic nitrogens is 1. The molecular formula is C24H33N3. The van der Waals surface area contributed by atoms with Crippen LogP contribution < -0.4 is 11.1 Å². The molecule has 2 atom stereocenters. The van der Waals surface area contributed by atoms with Crippen molar-refractivity contribution >= 4 is 10.9 Å². The number of nitrogens with one attached hydrogen (secondary N) is 2. The summed E-state index contributed by atoms with van der Waals surface area (Å²) in [6.45, 7) is 3.29. The predicted molar refractivity (Wildman–Crippen MR) is 116 cm³/mol. The fraction of sp³-hybridized carbons (Fsp3) is 0.417. The minimum Gasteiger partial charge on any atom is -0.361 e. The zero-order valence-electron chi connectivity index (χ0n) is 16.5. The lowest BCUT2D eigenvalue weighted by atomic mass is 9.94. The van der Waals surface area contributed by atoms with E-state index in [9.17, 15) is 0 Å². The first kappa shape index (κ1) is 19.7. The van der Waals surface area contributed by atoms with Crippen LogP contribution in [0.2, 0.25) is 0 Å². The van der Waals surface area contributed by atoms with Crippen molar-refractivity contribution in [3.05, 3.63) is 71.9 Å². The Bertz CT molecular complexity index is 794. The number of unbranched alkanes of at least 4 members (excludes halogenated alkanes) is 3. The average molecular weight is 364 g/mol. The zero-order chi connectivity index (χ0) is 18.9. The van der Waals surface area contributed by atoms with Crippen molar-refractivity contribution < 1.29 is 0 Å². The fourth-order valence-electron chi connectivity index (χ4n) is 3.78. The molecule has 1 heterocycles. The minimum atomic E-state index is 0.0792. The number of fused-ring (bicyclic) bond motifs is 1. The third kappa shape index (κ3) is 5.69. The third-order valence-corrected chi connectivity index (χ3v) is 5.38. The Kier molecular flexibility index (Phi) is 7.49. The molecular weight excluding hydrogens is 330 g/mol. The maximum Gasteiger partial charge on any atom is 0.0456 e. The molecule has 4 N–H and O–H groups in total. The molecule has 0 saturated carbocycles. The van der Waals surface area contributed by atoms with Crippen molar-refractivity contribution in [2.75, 3.05) is 6.54 Å². The normalized spacial score (nSPS) is 13.7. The first-order valence-electron chi connectivity index (χ1n) is 10.4. The number of benzene rings is 2. The van der Waals surface area contributed by atoms with Crippen LogP contribution >= 0.6 is 0 Å². The van der Waals surface area contributed by atoms with Gasteiger partial charge in [-0.25, -0.2) is 0 Å². The fourth-order valence-corrected chi connectivity index (χ4v) is 3.78. The van der Waals surface area contributed by atoms with Gasteiger partial charge in [0.1, 0.15) is 0 Å². The number of aromatic amines is 1. The van der Waals surface area contributed by atoms with E-state index in [0.717, 1.165) is 19.4 Å². The number of H-pyrrole nitrogens is 1. The number of hydrogen-bond acceptors (Lipinski definition) is 2. The summed E-state index contributed by atoms with van der Waals surface area (Å²) in [5.41, 5.74) is 10.6. The van der Waals surface area contributed by atoms with Crippen LogP contribution in [0.25, 0.3) is 10.9 Å². The Balaban J connectivity index is 1.66. The van der Waals surface area contributed by atoms with Gasteiger partial charge in [0, 0.05) is 29.2 Å². The van der Waals surface area contributed by atoms with Gasteiger partial charge in [0.2, 0.25) is 0 Å². The van der Waals surface area contributed by atoms with E-state index >= 15 is 0 Å². The number of nitrogens with two attached hydrogens (primary N) is 1. The van der Waals surface area contributed by atoms with Gasteiger partial charge in [-0.3, -0.25) is 0 Å². The molecule has 3 nitrogen and oxygen atoms in total. The molecule has 3 rings (SSSR count). The van der Waals surface area contributed by atoms with Gasteiger partial charge in [0.05, 0.1) is 0 Å². The van der Waals surface area contributed by atoms with Crippen molar-refractivity contribution in [3.63, 3.8) is 0 Å². The second-order valence-corrected chi connectivity index (χ2v) is 7.54. The van der Waals surface area contributed by atoms with Gasteiger partial charge in [-0.15, -0.1) is 0 Å². The molecule has 3 heteroatoms. The average Bonchev–Trinajstić information content (AvgIpc) is 3.10. The summed E-state index contributed by atoms with van der Waals surface area (Å²) in [7, 11) is 0. The van der Waals surface area contributed by atoms with Crippen molar-refractivity contribution in [1.82, 2.24) is 10.3 Å². The highest BCUT2D eigenvalue weighted by Crippen LogP contribution is 2.20. The molecule has 2 aromatic carbocycles. The van der Waals surface area contributed by atoms with E-state index in [-0.39, 0.29) is 12.1 Å². The number of para-hydroxylation sites is 1. The molecule has 0 bridgehead atoms. The quantitative estimate of drug-likeness (QED) is 0.428. The van der Waals surface area contributed by atoms with Gasteiger partial charge >= 0.3 is 0 Å². The molecule has 3 aromatic rings. The highest BCUT2D eigenvalue weighted by atomic mass is 14.9. The second-order valence-electron chi connectivity index (χ2n) is 7.54. The van der Waals surface area contributed by atoms with Crippen molar-refractivity contribution in [2.45, 2.75) is 57.5 Å². The molecule has 0 aliphatic carbocycles. The molecule has 2 unspecified atom stereocenters. The lowest BCUT2D eigenvalue weighted by Crippen LogP contribution is -2.48. The van der Waals surface area contributed by atoms with Crippen molar-refractivity contribution in [1.29, 1.82) is 0 Å². The summed E-state index contributed by atoms with van der Waals surface area (Å²) < 4.78 is 0. The van der Waals surface area contributed by atoms with E-state index in [0.29, 0.717) is 0 Å². The molecule has 0 saturated heterocycles. The SMILES string of the molecule is CCCCCCNC(Cc1ccccc1)C(N)Cc1c[nH]c2ccccc12. The smallest absolute Gasteiger partial charge is 0.0456 e. The third-order valence-electron chi connectivity index (χ3n) is 5.38.